The summed E-state index contributed by atoms with van der Waals surface area (Å²) in [4.78, 5) is 18.2. The van der Waals surface area contributed by atoms with Gasteiger partial charge in [-0.15, -0.1) is 5.10 Å². The molecule has 0 aliphatic carbocycles. The molecule has 0 radical (unpaired) electrons. The smallest absolute Gasteiger partial charge is 0.255 e. The van der Waals surface area contributed by atoms with E-state index >= 15 is 0 Å². The Kier molecular flexibility index (Phi) is 6.97. The average molecular weight is 518 g/mol. The van der Waals surface area contributed by atoms with Crippen LogP contribution in [0.15, 0.2) is 95.3 Å². The summed E-state index contributed by atoms with van der Waals surface area (Å²) in [7, 11) is 1.65. The molecule has 7 nitrogen and oxygen atoms in total. The second kappa shape index (κ2) is 10.5. The van der Waals surface area contributed by atoms with E-state index in [9.17, 15) is 4.79 Å². The third kappa shape index (κ3) is 5.10. The highest BCUT2D eigenvalue weighted by molar-refractivity contribution is 7.98. The largest absolute Gasteiger partial charge is 0.497 e. The molecule has 0 saturated heterocycles. The number of nitrogens with zero attached hydrogens (tertiary/aromatic N) is 3. The van der Waals surface area contributed by atoms with E-state index in [1.807, 2.05) is 85.8 Å². The number of allylic oxidation sites excluding steroid dienone is 1. The number of anilines is 2. The predicted octanol–water partition coefficient (Wildman–Crippen LogP) is 6.16. The van der Waals surface area contributed by atoms with Gasteiger partial charge in [0.05, 0.1) is 12.7 Å². The minimum Gasteiger partial charge on any atom is -0.497 e. The van der Waals surface area contributed by atoms with Gasteiger partial charge in [0.15, 0.2) is 0 Å². The highest BCUT2D eigenvalue weighted by Gasteiger charge is 2.34. The monoisotopic (exact) mass is 517 g/mol. The molecule has 1 amide bonds. The van der Waals surface area contributed by atoms with Gasteiger partial charge in [0, 0.05) is 22.2 Å². The van der Waals surface area contributed by atoms with Gasteiger partial charge < -0.3 is 15.4 Å². The number of hydrogen-bond donors (Lipinski definition) is 2. The van der Waals surface area contributed by atoms with E-state index in [-0.39, 0.29) is 5.91 Å². The summed E-state index contributed by atoms with van der Waals surface area (Å²) in [6.45, 7) is 1.88. The minimum atomic E-state index is -0.471. The van der Waals surface area contributed by atoms with Crippen LogP contribution in [0.3, 0.4) is 0 Å². The molecule has 36 heavy (non-hydrogen) atoms. The van der Waals surface area contributed by atoms with Gasteiger partial charge in [0.1, 0.15) is 11.8 Å². The number of amides is 1. The average Bonchev–Trinajstić information content (AvgIpc) is 3.30. The first-order valence-corrected chi connectivity index (χ1v) is 12.7. The molecule has 9 heteroatoms. The van der Waals surface area contributed by atoms with Crippen molar-refractivity contribution in [3.63, 3.8) is 0 Å². The molecule has 182 valence electrons. The molecule has 0 spiro atoms. The molecule has 2 N–H and O–H groups in total. The number of halogens is 1. The maximum absolute atomic E-state index is 13.5. The minimum absolute atomic E-state index is 0.210. The Balaban J connectivity index is 1.47. The standard InChI is InChI=1S/C27H24ClN5O2S/c1-17-23(25(34)30-21-8-4-3-5-9-21)24(19-11-13-20(28)14-12-19)33-26(29-17)31-27(32-33)36-16-18-7-6-10-22(15-18)35-2/h3-15,24H,16H2,1-2H3,(H,30,34)(H,29,31,32)/t24-/m1/s1. The summed E-state index contributed by atoms with van der Waals surface area (Å²) in [5.74, 6) is 1.86. The quantitative estimate of drug-likeness (QED) is 0.286. The maximum Gasteiger partial charge on any atom is 0.255 e. The number of para-hydroxylation sites is 1. The van der Waals surface area contributed by atoms with Crippen LogP contribution in [-0.4, -0.2) is 27.8 Å². The van der Waals surface area contributed by atoms with E-state index in [0.29, 0.717) is 33.2 Å². The maximum atomic E-state index is 13.5. The number of aromatic nitrogens is 3. The third-order valence-corrected chi connectivity index (χ3v) is 6.96. The van der Waals surface area contributed by atoms with Crippen molar-refractivity contribution in [1.29, 1.82) is 0 Å². The van der Waals surface area contributed by atoms with E-state index in [1.54, 1.807) is 11.8 Å². The number of thioether (sulfide) groups is 1. The number of ether oxygens (including phenoxy) is 1. The summed E-state index contributed by atoms with van der Waals surface area (Å²) >= 11 is 7.68. The summed E-state index contributed by atoms with van der Waals surface area (Å²) in [5, 5.41) is 12.3. The zero-order valence-electron chi connectivity index (χ0n) is 19.7. The van der Waals surface area contributed by atoms with Crippen LogP contribution in [-0.2, 0) is 10.5 Å². The van der Waals surface area contributed by atoms with E-state index in [2.05, 4.69) is 10.6 Å². The van der Waals surface area contributed by atoms with Crippen molar-refractivity contribution in [2.24, 2.45) is 0 Å². The number of carbonyl (C=O) groups excluding carboxylic acids is 1. The lowest BCUT2D eigenvalue weighted by Crippen LogP contribution is -2.31. The van der Waals surface area contributed by atoms with Crippen molar-refractivity contribution in [2.75, 3.05) is 17.7 Å². The topological polar surface area (TPSA) is 81.1 Å². The van der Waals surface area contributed by atoms with Crippen molar-refractivity contribution in [3.05, 3.63) is 106 Å². The zero-order chi connectivity index (χ0) is 25.1. The highest BCUT2D eigenvalue weighted by atomic mass is 35.5. The van der Waals surface area contributed by atoms with Crippen molar-refractivity contribution in [1.82, 2.24) is 14.8 Å². The molecule has 1 aromatic heterocycles. The van der Waals surface area contributed by atoms with Gasteiger partial charge in [-0.05, 0) is 54.4 Å². The Hall–Kier alpha value is -3.75. The SMILES string of the molecule is COc1cccc(CSc2nc3n(n2)[C@H](c2ccc(Cl)cc2)C(C(=O)Nc2ccccc2)=C(C)N3)c1. The molecule has 1 atom stereocenters. The van der Waals surface area contributed by atoms with Gasteiger partial charge in [-0.1, -0.05) is 65.8 Å². The predicted molar refractivity (Wildman–Crippen MR) is 144 cm³/mol. The molecule has 0 fully saturated rings. The normalized spacial score (nSPS) is 14.7. The zero-order valence-corrected chi connectivity index (χ0v) is 21.3. The number of benzene rings is 3. The fraction of sp³-hybridized carbons (Fsp3) is 0.148. The number of nitrogens with one attached hydrogen (secondary N) is 2. The summed E-state index contributed by atoms with van der Waals surface area (Å²) in [6.07, 6.45) is 0. The molecule has 3 aromatic carbocycles. The first kappa shape index (κ1) is 24.0. The molecule has 0 unspecified atom stereocenters. The lowest BCUT2D eigenvalue weighted by atomic mass is 9.95. The first-order chi connectivity index (χ1) is 17.5. The van der Waals surface area contributed by atoms with Gasteiger partial charge in [-0.25, -0.2) is 4.68 Å². The Morgan fingerprint density at radius 1 is 1.11 bits per heavy atom. The van der Waals surface area contributed by atoms with Crippen LogP contribution in [0.4, 0.5) is 11.6 Å². The lowest BCUT2D eigenvalue weighted by Gasteiger charge is -2.28. The summed E-state index contributed by atoms with van der Waals surface area (Å²) in [6, 6.07) is 24.3. The Morgan fingerprint density at radius 2 is 1.89 bits per heavy atom. The van der Waals surface area contributed by atoms with Crippen LogP contribution in [0, 0.1) is 0 Å². The fourth-order valence-corrected chi connectivity index (χ4v) is 4.97. The van der Waals surface area contributed by atoms with Crippen LogP contribution in [0.25, 0.3) is 0 Å². The summed E-state index contributed by atoms with van der Waals surface area (Å²) in [5.41, 5.74) is 3.98. The van der Waals surface area contributed by atoms with Crippen LogP contribution < -0.4 is 15.4 Å². The molecular formula is C27H24ClN5O2S. The number of methoxy groups -OCH3 is 1. The molecule has 1 aliphatic rings. The van der Waals surface area contributed by atoms with Gasteiger partial charge in [0.25, 0.3) is 5.91 Å². The van der Waals surface area contributed by atoms with E-state index in [1.165, 1.54) is 11.8 Å². The highest BCUT2D eigenvalue weighted by Crippen LogP contribution is 2.37. The second-order valence-corrected chi connectivity index (χ2v) is 9.62. The van der Waals surface area contributed by atoms with Crippen molar-refractivity contribution < 1.29 is 9.53 Å². The molecular weight excluding hydrogens is 494 g/mol. The Morgan fingerprint density at radius 3 is 2.64 bits per heavy atom. The molecule has 5 rings (SSSR count). The van der Waals surface area contributed by atoms with Gasteiger partial charge in [-0.3, -0.25) is 4.79 Å². The van der Waals surface area contributed by atoms with Gasteiger partial charge >= 0.3 is 0 Å². The first-order valence-electron chi connectivity index (χ1n) is 11.3. The van der Waals surface area contributed by atoms with Crippen LogP contribution in [0.1, 0.15) is 24.1 Å². The van der Waals surface area contributed by atoms with Crippen LogP contribution in [0.5, 0.6) is 5.75 Å². The second-order valence-electron chi connectivity index (χ2n) is 8.24. The molecule has 0 saturated carbocycles. The molecule has 0 bridgehead atoms. The molecule has 2 heterocycles. The van der Waals surface area contributed by atoms with E-state index in [0.717, 1.165) is 22.6 Å². The number of fused-ring (bicyclic) bond motifs is 1. The van der Waals surface area contributed by atoms with Gasteiger partial charge in [-0.2, -0.15) is 4.98 Å². The molecule has 4 aromatic rings. The van der Waals surface area contributed by atoms with Gasteiger partial charge in [0.2, 0.25) is 11.1 Å². The fourth-order valence-electron chi connectivity index (χ4n) is 4.07. The summed E-state index contributed by atoms with van der Waals surface area (Å²) < 4.78 is 7.09. The lowest BCUT2D eigenvalue weighted by molar-refractivity contribution is -0.113. The number of carbonyl (C=O) groups is 1. The number of hydrogen-bond acceptors (Lipinski definition) is 6. The molecule has 1 aliphatic heterocycles. The van der Waals surface area contributed by atoms with Crippen molar-refractivity contribution in [2.45, 2.75) is 23.9 Å². The number of rotatable bonds is 7. The Labute approximate surface area is 218 Å². The van der Waals surface area contributed by atoms with Crippen molar-refractivity contribution in [3.8, 4) is 5.75 Å². The van der Waals surface area contributed by atoms with Crippen LogP contribution in [0.2, 0.25) is 5.02 Å². The third-order valence-electron chi connectivity index (χ3n) is 5.80. The van der Waals surface area contributed by atoms with Crippen molar-refractivity contribution >= 4 is 40.9 Å². The van der Waals surface area contributed by atoms with E-state index < -0.39 is 6.04 Å². The van der Waals surface area contributed by atoms with E-state index in [4.69, 9.17) is 26.4 Å². The van der Waals surface area contributed by atoms with Crippen LogP contribution >= 0.6 is 23.4 Å². The Bertz CT molecular complexity index is 1420.